The number of hydrogen-bond donors (Lipinski definition) is 0. The molecular weight excluding hydrogens is 228 g/mol. The maximum absolute atomic E-state index is 6.01. The number of methoxy groups -OCH3 is 1. The van der Waals surface area contributed by atoms with E-state index in [1.54, 1.807) is 7.11 Å². The molecule has 0 unspecified atom stereocenters. The third-order valence-electron chi connectivity index (χ3n) is 2.11. The molecule has 90 valence electrons. The van der Waals surface area contributed by atoms with Gasteiger partial charge in [-0.15, -0.1) is 0 Å². The lowest BCUT2D eigenvalue weighted by Gasteiger charge is -2.13. The number of nitrogens with zero attached hydrogens (tertiary/aromatic N) is 2. The van der Waals surface area contributed by atoms with Crippen LogP contribution in [-0.2, 0) is 4.74 Å². The highest BCUT2D eigenvalue weighted by atomic mass is 35.5. The smallest absolute Gasteiger partial charge is 0.221 e. The summed E-state index contributed by atoms with van der Waals surface area (Å²) in [6, 6.07) is 0. The van der Waals surface area contributed by atoms with Crippen molar-refractivity contribution < 1.29 is 9.47 Å². The SMILES string of the molecule is COCCCOc1ncnc(Cl)c1C(C)C. The van der Waals surface area contributed by atoms with E-state index in [9.17, 15) is 0 Å². The summed E-state index contributed by atoms with van der Waals surface area (Å²) in [6.07, 6.45) is 2.25. The molecule has 0 saturated carbocycles. The van der Waals surface area contributed by atoms with Gasteiger partial charge in [-0.2, -0.15) is 0 Å². The van der Waals surface area contributed by atoms with Crippen LogP contribution in [0.2, 0.25) is 5.15 Å². The molecule has 1 aromatic rings. The summed E-state index contributed by atoms with van der Waals surface area (Å²) in [5.74, 6) is 0.817. The van der Waals surface area contributed by atoms with Gasteiger partial charge in [0.05, 0.1) is 12.2 Å². The van der Waals surface area contributed by atoms with Crippen molar-refractivity contribution in [1.29, 1.82) is 0 Å². The zero-order chi connectivity index (χ0) is 12.0. The van der Waals surface area contributed by atoms with E-state index in [1.165, 1.54) is 6.33 Å². The molecule has 0 spiro atoms. The Morgan fingerprint density at radius 2 is 2.06 bits per heavy atom. The molecule has 0 aliphatic carbocycles. The molecule has 0 saturated heterocycles. The van der Waals surface area contributed by atoms with Crippen molar-refractivity contribution in [1.82, 2.24) is 9.97 Å². The lowest BCUT2D eigenvalue weighted by Crippen LogP contribution is -2.06. The Bertz CT molecular complexity index is 332. The van der Waals surface area contributed by atoms with Gasteiger partial charge in [0, 0.05) is 20.1 Å². The second-order valence-corrected chi connectivity index (χ2v) is 4.09. The van der Waals surface area contributed by atoms with E-state index in [2.05, 4.69) is 9.97 Å². The summed E-state index contributed by atoms with van der Waals surface area (Å²) in [7, 11) is 1.67. The molecule has 16 heavy (non-hydrogen) atoms. The minimum atomic E-state index is 0.242. The highest BCUT2D eigenvalue weighted by molar-refractivity contribution is 6.30. The average molecular weight is 245 g/mol. The fourth-order valence-electron chi connectivity index (χ4n) is 1.33. The first-order valence-corrected chi connectivity index (χ1v) is 5.66. The van der Waals surface area contributed by atoms with E-state index in [0.717, 1.165) is 12.0 Å². The molecule has 0 fully saturated rings. The average Bonchev–Trinajstić information content (AvgIpc) is 2.24. The van der Waals surface area contributed by atoms with E-state index in [4.69, 9.17) is 21.1 Å². The maximum atomic E-state index is 6.01. The molecule has 0 N–H and O–H groups in total. The highest BCUT2D eigenvalue weighted by Crippen LogP contribution is 2.29. The lowest BCUT2D eigenvalue weighted by molar-refractivity contribution is 0.170. The van der Waals surface area contributed by atoms with Crippen molar-refractivity contribution in [2.24, 2.45) is 0 Å². The highest BCUT2D eigenvalue weighted by Gasteiger charge is 2.14. The number of hydrogen-bond acceptors (Lipinski definition) is 4. The minimum absolute atomic E-state index is 0.242. The summed E-state index contributed by atoms with van der Waals surface area (Å²) in [6.45, 7) is 5.32. The van der Waals surface area contributed by atoms with Crippen molar-refractivity contribution in [2.75, 3.05) is 20.3 Å². The number of halogens is 1. The van der Waals surface area contributed by atoms with Gasteiger partial charge in [-0.3, -0.25) is 0 Å². The van der Waals surface area contributed by atoms with Crippen LogP contribution in [0.4, 0.5) is 0 Å². The lowest BCUT2D eigenvalue weighted by atomic mass is 10.1. The van der Waals surface area contributed by atoms with E-state index < -0.39 is 0 Å². The van der Waals surface area contributed by atoms with Gasteiger partial charge in [0.25, 0.3) is 0 Å². The van der Waals surface area contributed by atoms with E-state index in [0.29, 0.717) is 24.2 Å². The first kappa shape index (κ1) is 13.2. The zero-order valence-corrected chi connectivity index (χ0v) is 10.6. The van der Waals surface area contributed by atoms with Crippen LogP contribution in [0, 0.1) is 0 Å². The number of aromatic nitrogens is 2. The third-order valence-corrected chi connectivity index (χ3v) is 2.41. The van der Waals surface area contributed by atoms with Gasteiger partial charge >= 0.3 is 0 Å². The van der Waals surface area contributed by atoms with Gasteiger partial charge in [0.1, 0.15) is 11.5 Å². The van der Waals surface area contributed by atoms with Gasteiger partial charge in [-0.25, -0.2) is 9.97 Å². The first-order valence-electron chi connectivity index (χ1n) is 5.29. The molecule has 0 radical (unpaired) electrons. The van der Waals surface area contributed by atoms with Gasteiger partial charge in [-0.05, 0) is 5.92 Å². The Balaban J connectivity index is 2.67. The van der Waals surface area contributed by atoms with Crippen molar-refractivity contribution in [2.45, 2.75) is 26.2 Å². The molecule has 4 nitrogen and oxygen atoms in total. The van der Waals surface area contributed by atoms with Crippen LogP contribution in [0.5, 0.6) is 5.88 Å². The molecular formula is C11H17ClN2O2. The molecule has 1 rings (SSSR count). The Labute approximate surface area is 101 Å². The van der Waals surface area contributed by atoms with Gasteiger partial charge < -0.3 is 9.47 Å². The molecule has 0 amide bonds. The second-order valence-electron chi connectivity index (χ2n) is 3.73. The summed E-state index contributed by atoms with van der Waals surface area (Å²) >= 11 is 6.01. The predicted molar refractivity (Wildman–Crippen MR) is 63.1 cm³/mol. The fraction of sp³-hybridized carbons (Fsp3) is 0.636. The third kappa shape index (κ3) is 3.61. The Morgan fingerprint density at radius 1 is 1.31 bits per heavy atom. The largest absolute Gasteiger partial charge is 0.477 e. The topological polar surface area (TPSA) is 44.2 Å². The maximum Gasteiger partial charge on any atom is 0.221 e. The quantitative estimate of drug-likeness (QED) is 0.570. The monoisotopic (exact) mass is 244 g/mol. The van der Waals surface area contributed by atoms with Gasteiger partial charge in [0.15, 0.2) is 0 Å². The van der Waals surface area contributed by atoms with Crippen molar-refractivity contribution in [3.05, 3.63) is 17.0 Å². The van der Waals surface area contributed by atoms with Crippen LogP contribution in [0.25, 0.3) is 0 Å². The van der Waals surface area contributed by atoms with E-state index >= 15 is 0 Å². The predicted octanol–water partition coefficient (Wildman–Crippen LogP) is 2.67. The summed E-state index contributed by atoms with van der Waals surface area (Å²) < 4.78 is 10.5. The molecule has 0 aliphatic heterocycles. The minimum Gasteiger partial charge on any atom is -0.477 e. The fourth-order valence-corrected chi connectivity index (χ4v) is 1.67. The molecule has 1 heterocycles. The normalized spacial score (nSPS) is 10.8. The summed E-state index contributed by atoms with van der Waals surface area (Å²) in [5.41, 5.74) is 0.863. The summed E-state index contributed by atoms with van der Waals surface area (Å²) in [4.78, 5) is 8.05. The Morgan fingerprint density at radius 3 is 2.69 bits per heavy atom. The zero-order valence-electron chi connectivity index (χ0n) is 9.86. The molecule has 0 bridgehead atoms. The van der Waals surface area contributed by atoms with Crippen molar-refractivity contribution >= 4 is 11.6 Å². The van der Waals surface area contributed by atoms with Gasteiger partial charge in [0.2, 0.25) is 5.88 Å². The van der Waals surface area contributed by atoms with Crippen LogP contribution in [0.15, 0.2) is 6.33 Å². The van der Waals surface area contributed by atoms with Crippen LogP contribution in [0.3, 0.4) is 0 Å². The van der Waals surface area contributed by atoms with E-state index in [-0.39, 0.29) is 5.92 Å². The van der Waals surface area contributed by atoms with Crippen molar-refractivity contribution in [3.63, 3.8) is 0 Å². The summed E-state index contributed by atoms with van der Waals surface area (Å²) in [5, 5.41) is 0.465. The van der Waals surface area contributed by atoms with E-state index in [1.807, 2.05) is 13.8 Å². The molecule has 0 atom stereocenters. The van der Waals surface area contributed by atoms with Crippen LogP contribution >= 0.6 is 11.6 Å². The van der Waals surface area contributed by atoms with Crippen LogP contribution < -0.4 is 4.74 Å². The Hall–Kier alpha value is -0.870. The Kier molecular flexibility index (Phi) is 5.49. The number of rotatable bonds is 6. The molecule has 0 aliphatic rings. The van der Waals surface area contributed by atoms with Crippen molar-refractivity contribution in [3.8, 4) is 5.88 Å². The van der Waals surface area contributed by atoms with Gasteiger partial charge in [-0.1, -0.05) is 25.4 Å². The molecule has 1 aromatic heterocycles. The molecule has 5 heteroatoms. The van der Waals surface area contributed by atoms with Crippen LogP contribution in [-0.4, -0.2) is 30.3 Å². The second kappa shape index (κ2) is 6.66. The first-order chi connectivity index (χ1) is 7.66. The number of ether oxygens (including phenoxy) is 2. The molecule has 0 aromatic carbocycles. The van der Waals surface area contributed by atoms with Crippen LogP contribution in [0.1, 0.15) is 31.7 Å². The standard InChI is InChI=1S/C11H17ClN2O2/c1-8(2)9-10(12)13-7-14-11(9)16-6-4-5-15-3/h7-8H,4-6H2,1-3H3.